The number of carbonyl (C=O) groups excluding carboxylic acids is 1. The summed E-state index contributed by atoms with van der Waals surface area (Å²) >= 11 is 0. The highest BCUT2D eigenvalue weighted by molar-refractivity contribution is 5.82. The quantitative estimate of drug-likeness (QED) is 0.685. The summed E-state index contributed by atoms with van der Waals surface area (Å²) in [6, 6.07) is 13.5. The second-order valence-electron chi connectivity index (χ2n) is 5.50. The highest BCUT2D eigenvalue weighted by atomic mass is 16.5. The minimum absolute atomic E-state index is 0.119. The Morgan fingerprint density at radius 1 is 1.08 bits per heavy atom. The molecule has 0 heterocycles. The molecular formula is C19H23N3O2. The second kappa shape index (κ2) is 8.06. The lowest BCUT2D eigenvalue weighted by Gasteiger charge is -2.14. The van der Waals surface area contributed by atoms with E-state index in [2.05, 4.69) is 29.7 Å². The average molecular weight is 325 g/mol. The van der Waals surface area contributed by atoms with Gasteiger partial charge in [0.05, 0.1) is 25.0 Å². The second-order valence-corrected chi connectivity index (χ2v) is 5.50. The van der Waals surface area contributed by atoms with E-state index in [0.717, 1.165) is 11.3 Å². The number of benzene rings is 2. The lowest BCUT2D eigenvalue weighted by molar-refractivity contribution is -0.120. The summed E-state index contributed by atoms with van der Waals surface area (Å²) in [6.07, 6.45) is 0. The summed E-state index contributed by atoms with van der Waals surface area (Å²) < 4.78 is 5.23. The molecule has 0 fully saturated rings. The van der Waals surface area contributed by atoms with Crippen molar-refractivity contribution in [1.82, 2.24) is 10.9 Å². The number of amides is 1. The number of methoxy groups -OCH3 is 1. The fraction of sp³-hybridized carbons (Fsp3) is 0.211. The molecule has 1 amide bonds. The SMILES string of the molecule is C=C(NNC(=O)CNc1ccccc1OC)c1ccc(C)c(C)c1. The number of hydrogen-bond acceptors (Lipinski definition) is 4. The summed E-state index contributed by atoms with van der Waals surface area (Å²) in [4.78, 5) is 12.0. The third kappa shape index (κ3) is 4.52. The third-order valence-corrected chi connectivity index (χ3v) is 3.75. The Balaban J connectivity index is 1.84. The number of carbonyl (C=O) groups is 1. The van der Waals surface area contributed by atoms with Crippen molar-refractivity contribution in [2.24, 2.45) is 0 Å². The molecule has 126 valence electrons. The van der Waals surface area contributed by atoms with Crippen LogP contribution in [0.5, 0.6) is 5.75 Å². The number of anilines is 1. The van der Waals surface area contributed by atoms with Gasteiger partial charge in [-0.05, 0) is 48.7 Å². The molecule has 3 N–H and O–H groups in total. The maximum Gasteiger partial charge on any atom is 0.257 e. The largest absolute Gasteiger partial charge is 0.495 e. The molecule has 0 spiro atoms. The van der Waals surface area contributed by atoms with Crippen LogP contribution in [0.2, 0.25) is 0 Å². The van der Waals surface area contributed by atoms with E-state index in [9.17, 15) is 4.79 Å². The molecule has 5 heteroatoms. The van der Waals surface area contributed by atoms with Crippen molar-refractivity contribution in [3.63, 3.8) is 0 Å². The van der Waals surface area contributed by atoms with Gasteiger partial charge in [-0.3, -0.25) is 15.6 Å². The van der Waals surface area contributed by atoms with Crippen LogP contribution in [0.1, 0.15) is 16.7 Å². The van der Waals surface area contributed by atoms with Crippen LogP contribution in [0, 0.1) is 13.8 Å². The molecule has 0 aromatic heterocycles. The van der Waals surface area contributed by atoms with Gasteiger partial charge >= 0.3 is 0 Å². The van der Waals surface area contributed by atoms with E-state index in [1.54, 1.807) is 7.11 Å². The molecule has 0 bridgehead atoms. The van der Waals surface area contributed by atoms with Gasteiger partial charge in [-0.25, -0.2) is 0 Å². The average Bonchev–Trinajstić information content (AvgIpc) is 2.60. The normalized spacial score (nSPS) is 9.96. The number of ether oxygens (including phenoxy) is 1. The number of para-hydroxylation sites is 2. The Hall–Kier alpha value is -2.95. The van der Waals surface area contributed by atoms with Crippen LogP contribution in [0.15, 0.2) is 49.0 Å². The zero-order valence-electron chi connectivity index (χ0n) is 14.3. The summed E-state index contributed by atoms with van der Waals surface area (Å²) in [5.74, 6) is 0.490. The zero-order valence-corrected chi connectivity index (χ0v) is 14.3. The summed E-state index contributed by atoms with van der Waals surface area (Å²) in [6.45, 7) is 8.17. The molecule has 0 radical (unpaired) electrons. The Bertz CT molecular complexity index is 741. The molecule has 0 atom stereocenters. The fourth-order valence-corrected chi connectivity index (χ4v) is 2.16. The molecule has 0 aliphatic carbocycles. The van der Waals surface area contributed by atoms with Gasteiger partial charge < -0.3 is 10.1 Å². The van der Waals surface area contributed by atoms with Crippen molar-refractivity contribution >= 4 is 17.3 Å². The van der Waals surface area contributed by atoms with E-state index in [1.807, 2.05) is 49.4 Å². The highest BCUT2D eigenvalue weighted by Gasteiger charge is 2.06. The van der Waals surface area contributed by atoms with Gasteiger partial charge in [0.15, 0.2) is 0 Å². The number of hydrogen-bond donors (Lipinski definition) is 3. The fourth-order valence-electron chi connectivity index (χ4n) is 2.16. The zero-order chi connectivity index (χ0) is 17.5. The molecule has 0 aliphatic heterocycles. The van der Waals surface area contributed by atoms with Crippen molar-refractivity contribution < 1.29 is 9.53 Å². The molecule has 0 unspecified atom stereocenters. The van der Waals surface area contributed by atoms with Gasteiger partial charge in [0.1, 0.15) is 5.75 Å². The minimum atomic E-state index is -0.203. The number of nitrogens with one attached hydrogen (secondary N) is 3. The van der Waals surface area contributed by atoms with Crippen LogP contribution in [-0.2, 0) is 4.79 Å². The standard InChI is InChI=1S/C19H23N3O2/c1-13-9-10-16(11-14(13)2)15(3)21-22-19(23)12-20-17-7-5-6-8-18(17)24-4/h5-11,20-21H,3,12H2,1-2,4H3,(H,22,23). The predicted octanol–water partition coefficient (Wildman–Crippen LogP) is 3.02. The maximum atomic E-state index is 12.0. The molecule has 24 heavy (non-hydrogen) atoms. The van der Waals surface area contributed by atoms with E-state index >= 15 is 0 Å². The van der Waals surface area contributed by atoms with Crippen LogP contribution in [0.4, 0.5) is 5.69 Å². The first kappa shape index (κ1) is 17.4. The molecule has 0 aliphatic rings. The lowest BCUT2D eigenvalue weighted by Crippen LogP contribution is -2.39. The molecule has 2 rings (SSSR count). The Morgan fingerprint density at radius 2 is 1.83 bits per heavy atom. The van der Waals surface area contributed by atoms with Gasteiger partial charge in [-0.15, -0.1) is 0 Å². The van der Waals surface area contributed by atoms with Gasteiger partial charge in [0, 0.05) is 0 Å². The lowest BCUT2D eigenvalue weighted by atomic mass is 10.1. The van der Waals surface area contributed by atoms with Gasteiger partial charge in [-0.1, -0.05) is 30.8 Å². The first-order chi connectivity index (χ1) is 11.5. The van der Waals surface area contributed by atoms with E-state index < -0.39 is 0 Å². The van der Waals surface area contributed by atoms with Crippen molar-refractivity contribution in [2.75, 3.05) is 19.0 Å². The molecular weight excluding hydrogens is 302 g/mol. The molecule has 0 saturated carbocycles. The van der Waals surface area contributed by atoms with Gasteiger partial charge in [0.2, 0.25) is 0 Å². The topological polar surface area (TPSA) is 62.4 Å². The van der Waals surface area contributed by atoms with Gasteiger partial charge in [-0.2, -0.15) is 0 Å². The van der Waals surface area contributed by atoms with Crippen LogP contribution in [-0.4, -0.2) is 19.6 Å². The van der Waals surface area contributed by atoms with Crippen molar-refractivity contribution in [1.29, 1.82) is 0 Å². The van der Waals surface area contributed by atoms with Crippen LogP contribution in [0.25, 0.3) is 5.70 Å². The van der Waals surface area contributed by atoms with Crippen molar-refractivity contribution in [3.8, 4) is 5.75 Å². The van der Waals surface area contributed by atoms with E-state index in [4.69, 9.17) is 4.74 Å². The first-order valence-electron chi connectivity index (χ1n) is 7.69. The summed E-state index contributed by atoms with van der Waals surface area (Å²) in [5, 5.41) is 3.04. The van der Waals surface area contributed by atoms with Gasteiger partial charge in [0.25, 0.3) is 5.91 Å². The van der Waals surface area contributed by atoms with Crippen molar-refractivity contribution in [2.45, 2.75) is 13.8 Å². The smallest absolute Gasteiger partial charge is 0.257 e. The predicted molar refractivity (Wildman–Crippen MR) is 97.7 cm³/mol. The third-order valence-electron chi connectivity index (χ3n) is 3.75. The molecule has 0 saturated heterocycles. The van der Waals surface area contributed by atoms with E-state index in [0.29, 0.717) is 11.4 Å². The van der Waals surface area contributed by atoms with E-state index in [1.165, 1.54) is 11.1 Å². The molecule has 2 aromatic carbocycles. The van der Waals surface area contributed by atoms with Crippen LogP contribution in [0.3, 0.4) is 0 Å². The Morgan fingerprint density at radius 3 is 2.54 bits per heavy atom. The molecule has 5 nitrogen and oxygen atoms in total. The first-order valence-corrected chi connectivity index (χ1v) is 7.69. The number of hydrazine groups is 1. The van der Waals surface area contributed by atoms with E-state index in [-0.39, 0.29) is 12.5 Å². The molecule has 2 aromatic rings. The maximum absolute atomic E-state index is 12.0. The summed E-state index contributed by atoms with van der Waals surface area (Å²) in [7, 11) is 1.59. The van der Waals surface area contributed by atoms with Crippen molar-refractivity contribution in [3.05, 3.63) is 65.7 Å². The monoisotopic (exact) mass is 325 g/mol. The Kier molecular flexibility index (Phi) is 5.84. The minimum Gasteiger partial charge on any atom is -0.495 e. The summed E-state index contributed by atoms with van der Waals surface area (Å²) in [5.41, 5.74) is 10.2. The van der Waals surface area contributed by atoms with Crippen LogP contribution >= 0.6 is 0 Å². The number of rotatable bonds is 7. The number of aryl methyl sites for hydroxylation is 2. The highest BCUT2D eigenvalue weighted by Crippen LogP contribution is 2.22. The van der Waals surface area contributed by atoms with Crippen LogP contribution < -0.4 is 20.9 Å². The Labute approximate surface area is 142 Å².